The second-order valence-electron chi connectivity index (χ2n) is 5.93. The topological polar surface area (TPSA) is 33.2 Å². The Balaban J connectivity index is 1.80. The molecular formula is C20H18N2OS. The lowest BCUT2D eigenvalue weighted by Crippen LogP contribution is -2.27. The Kier molecular flexibility index (Phi) is 4.13. The Morgan fingerprint density at radius 1 is 0.875 bits per heavy atom. The Labute approximate surface area is 145 Å². The van der Waals surface area contributed by atoms with E-state index in [0.29, 0.717) is 5.01 Å². The van der Waals surface area contributed by atoms with Crippen molar-refractivity contribution in [3.63, 3.8) is 0 Å². The maximum Gasteiger partial charge on any atom is 0.282 e. The SMILES string of the molecule is O=C(c1nc(-c2ccccc2)c(-c2ccccc2)s1)N1CCCC1. The minimum Gasteiger partial charge on any atom is -0.337 e. The van der Waals surface area contributed by atoms with E-state index in [2.05, 4.69) is 12.1 Å². The molecule has 24 heavy (non-hydrogen) atoms. The zero-order valence-corrected chi connectivity index (χ0v) is 14.1. The standard InChI is InChI=1S/C20H18N2OS/c23-20(22-13-7-8-14-22)19-21-17(15-9-3-1-4-10-15)18(24-19)16-11-5-2-6-12-16/h1-6,9-12H,7-8,13-14H2. The maximum absolute atomic E-state index is 12.7. The summed E-state index contributed by atoms with van der Waals surface area (Å²) < 4.78 is 0. The number of aromatic nitrogens is 1. The van der Waals surface area contributed by atoms with Gasteiger partial charge >= 0.3 is 0 Å². The first-order valence-corrected chi connectivity index (χ1v) is 9.05. The van der Waals surface area contributed by atoms with Gasteiger partial charge in [0.2, 0.25) is 0 Å². The first-order valence-electron chi connectivity index (χ1n) is 8.24. The third-order valence-corrected chi connectivity index (χ3v) is 5.38. The van der Waals surface area contributed by atoms with Crippen LogP contribution in [0, 0.1) is 0 Å². The molecule has 0 N–H and O–H groups in total. The molecule has 0 aliphatic carbocycles. The van der Waals surface area contributed by atoms with E-state index < -0.39 is 0 Å². The van der Waals surface area contributed by atoms with Gasteiger partial charge in [-0.2, -0.15) is 0 Å². The van der Waals surface area contributed by atoms with Crippen molar-refractivity contribution in [1.29, 1.82) is 0 Å². The van der Waals surface area contributed by atoms with Gasteiger partial charge in [0.15, 0.2) is 5.01 Å². The van der Waals surface area contributed by atoms with Gasteiger partial charge in [-0.1, -0.05) is 60.7 Å². The third-order valence-electron chi connectivity index (χ3n) is 4.29. The van der Waals surface area contributed by atoms with Crippen molar-refractivity contribution < 1.29 is 4.79 Å². The summed E-state index contributed by atoms with van der Waals surface area (Å²) in [4.78, 5) is 20.5. The third kappa shape index (κ3) is 2.85. The molecule has 0 radical (unpaired) electrons. The average Bonchev–Trinajstić information content (AvgIpc) is 3.33. The molecule has 2 heterocycles. The fourth-order valence-corrected chi connectivity index (χ4v) is 4.10. The summed E-state index contributed by atoms with van der Waals surface area (Å²) in [5.74, 6) is 0.0665. The number of amides is 1. The molecule has 1 aromatic heterocycles. The first kappa shape index (κ1) is 15.1. The van der Waals surface area contributed by atoms with Crippen LogP contribution < -0.4 is 0 Å². The van der Waals surface area contributed by atoms with Crippen LogP contribution in [0.3, 0.4) is 0 Å². The highest BCUT2D eigenvalue weighted by molar-refractivity contribution is 7.17. The molecule has 3 aromatic rings. The molecule has 1 aliphatic heterocycles. The molecule has 3 nitrogen and oxygen atoms in total. The fourth-order valence-electron chi connectivity index (χ4n) is 3.04. The normalized spacial score (nSPS) is 14.1. The van der Waals surface area contributed by atoms with E-state index in [1.165, 1.54) is 11.3 Å². The molecule has 0 unspecified atom stereocenters. The number of carbonyl (C=O) groups excluding carboxylic acids is 1. The van der Waals surface area contributed by atoms with E-state index in [-0.39, 0.29) is 5.91 Å². The van der Waals surface area contributed by atoms with E-state index in [0.717, 1.165) is 47.6 Å². The van der Waals surface area contributed by atoms with Gasteiger partial charge in [-0.05, 0) is 18.4 Å². The van der Waals surface area contributed by atoms with Crippen molar-refractivity contribution in [3.8, 4) is 21.7 Å². The van der Waals surface area contributed by atoms with Crippen LogP contribution in [0.15, 0.2) is 60.7 Å². The average molecular weight is 334 g/mol. The second-order valence-corrected chi connectivity index (χ2v) is 6.93. The molecule has 1 fully saturated rings. The van der Waals surface area contributed by atoms with Gasteiger partial charge in [0.25, 0.3) is 5.91 Å². The number of carbonyl (C=O) groups is 1. The maximum atomic E-state index is 12.7. The number of hydrogen-bond acceptors (Lipinski definition) is 3. The van der Waals surface area contributed by atoms with Gasteiger partial charge in [0.05, 0.1) is 10.6 Å². The lowest BCUT2D eigenvalue weighted by Gasteiger charge is -2.12. The molecule has 1 aliphatic rings. The van der Waals surface area contributed by atoms with E-state index in [4.69, 9.17) is 4.98 Å². The first-order chi connectivity index (χ1) is 11.8. The van der Waals surface area contributed by atoms with Crippen LogP contribution in [0.2, 0.25) is 0 Å². The van der Waals surface area contributed by atoms with Crippen molar-refractivity contribution in [3.05, 3.63) is 65.7 Å². The van der Waals surface area contributed by atoms with Gasteiger partial charge in [-0.25, -0.2) is 4.98 Å². The largest absolute Gasteiger partial charge is 0.337 e. The molecule has 4 heteroatoms. The summed E-state index contributed by atoms with van der Waals surface area (Å²) in [7, 11) is 0. The molecule has 0 spiro atoms. The van der Waals surface area contributed by atoms with Gasteiger partial charge in [-0.3, -0.25) is 4.79 Å². The van der Waals surface area contributed by atoms with Crippen molar-refractivity contribution in [2.24, 2.45) is 0 Å². The second kappa shape index (κ2) is 6.57. The number of hydrogen-bond donors (Lipinski definition) is 0. The molecule has 1 amide bonds. The van der Waals surface area contributed by atoms with Crippen molar-refractivity contribution in [1.82, 2.24) is 9.88 Å². The summed E-state index contributed by atoms with van der Waals surface area (Å²) in [6, 6.07) is 20.3. The highest BCUT2D eigenvalue weighted by Gasteiger charge is 2.25. The monoisotopic (exact) mass is 334 g/mol. The molecule has 2 aromatic carbocycles. The van der Waals surface area contributed by atoms with Crippen molar-refractivity contribution in [2.45, 2.75) is 12.8 Å². The van der Waals surface area contributed by atoms with Crippen LogP contribution in [0.4, 0.5) is 0 Å². The lowest BCUT2D eigenvalue weighted by atomic mass is 10.1. The van der Waals surface area contributed by atoms with Gasteiger partial charge in [-0.15, -0.1) is 11.3 Å². The summed E-state index contributed by atoms with van der Waals surface area (Å²) in [6.45, 7) is 1.69. The van der Waals surface area contributed by atoms with Crippen LogP contribution in [0.25, 0.3) is 21.7 Å². The molecular weight excluding hydrogens is 316 g/mol. The highest BCUT2D eigenvalue weighted by Crippen LogP contribution is 2.37. The predicted molar refractivity (Wildman–Crippen MR) is 98.1 cm³/mol. The molecule has 120 valence electrons. The minimum absolute atomic E-state index is 0.0665. The molecule has 0 saturated carbocycles. The summed E-state index contributed by atoms with van der Waals surface area (Å²) in [5, 5.41) is 0.592. The van der Waals surface area contributed by atoms with Crippen molar-refractivity contribution in [2.75, 3.05) is 13.1 Å². The minimum atomic E-state index is 0.0665. The molecule has 0 bridgehead atoms. The van der Waals surface area contributed by atoms with E-state index in [9.17, 15) is 4.79 Å². The number of thiazole rings is 1. The van der Waals surface area contributed by atoms with E-state index >= 15 is 0 Å². The van der Waals surface area contributed by atoms with E-state index in [1.54, 1.807) is 0 Å². The summed E-state index contributed by atoms with van der Waals surface area (Å²) in [5.41, 5.74) is 3.05. The van der Waals surface area contributed by atoms with Gasteiger partial charge in [0, 0.05) is 18.7 Å². The number of nitrogens with zero attached hydrogens (tertiary/aromatic N) is 2. The Morgan fingerprint density at radius 3 is 2.08 bits per heavy atom. The highest BCUT2D eigenvalue weighted by atomic mass is 32.1. The summed E-state index contributed by atoms with van der Waals surface area (Å²) in [6.07, 6.45) is 2.18. The fraction of sp³-hybridized carbons (Fsp3) is 0.200. The molecule has 4 rings (SSSR count). The number of benzene rings is 2. The van der Waals surface area contributed by atoms with Crippen LogP contribution in [0.1, 0.15) is 22.6 Å². The smallest absolute Gasteiger partial charge is 0.282 e. The molecule has 1 saturated heterocycles. The Hall–Kier alpha value is -2.46. The number of rotatable bonds is 3. The Morgan fingerprint density at radius 2 is 1.46 bits per heavy atom. The Bertz CT molecular complexity index is 780. The van der Waals surface area contributed by atoms with Crippen molar-refractivity contribution >= 4 is 17.2 Å². The van der Waals surface area contributed by atoms with E-state index in [1.807, 2.05) is 53.4 Å². The summed E-state index contributed by atoms with van der Waals surface area (Å²) >= 11 is 1.50. The predicted octanol–water partition coefficient (Wildman–Crippen LogP) is 4.71. The zero-order valence-electron chi connectivity index (χ0n) is 13.3. The van der Waals surface area contributed by atoms with Crippen LogP contribution in [-0.4, -0.2) is 28.9 Å². The van der Waals surface area contributed by atoms with Crippen LogP contribution in [0.5, 0.6) is 0 Å². The van der Waals surface area contributed by atoms with Gasteiger partial charge in [0.1, 0.15) is 0 Å². The quantitative estimate of drug-likeness (QED) is 0.695. The molecule has 0 atom stereocenters. The lowest BCUT2D eigenvalue weighted by molar-refractivity contribution is 0.0792. The zero-order chi connectivity index (χ0) is 16.4. The van der Waals surface area contributed by atoms with Gasteiger partial charge < -0.3 is 4.90 Å². The van der Waals surface area contributed by atoms with Crippen LogP contribution >= 0.6 is 11.3 Å². The number of likely N-dealkylation sites (tertiary alicyclic amines) is 1. The van der Waals surface area contributed by atoms with Crippen LogP contribution in [-0.2, 0) is 0 Å².